The van der Waals surface area contributed by atoms with Crippen molar-refractivity contribution in [3.05, 3.63) is 0 Å². The van der Waals surface area contributed by atoms with Gasteiger partial charge in [0.2, 0.25) is 41.4 Å². The molecule has 0 unspecified atom stereocenters. The minimum Gasteiger partial charge on any atom is -0.481 e. The third-order valence-electron chi connectivity index (χ3n) is 7.64. The predicted octanol–water partition coefficient (Wildman–Crippen LogP) is -6.49. The number of rotatable bonds is 25. The first-order chi connectivity index (χ1) is 24.7. The lowest BCUT2D eigenvalue weighted by atomic mass is 9.97. The van der Waals surface area contributed by atoms with Gasteiger partial charge in [0.15, 0.2) is 5.96 Å². The standard InChI is InChI=1S/C29H53N11O11S2/c1-4-12(2)20(27(50)38-18(11-53)22(31)45)39-28(51)21(13(3)42)40-25(48)16(8-19(43)44)36-26(49)17(9-41)37-24(47)15(6-5-7-34-29(32)33)35-23(46)14(30)10-52/h12-18,20-21,41-42,52-53H,4-11,30H2,1-3H3,(H2,31,45)(H,35,46)(H,36,49)(H,37,47)(H,38,50)(H,39,51)(H,40,48)(H,43,44)(H4,32,33,34)/t12-,13+,14-,15-,16-,17-,18-,20-,21-/m0/s1. The van der Waals surface area contributed by atoms with Gasteiger partial charge in [0.25, 0.3) is 0 Å². The summed E-state index contributed by atoms with van der Waals surface area (Å²) in [6.45, 7) is 3.45. The Bertz CT molecular complexity index is 1320. The fourth-order valence-corrected chi connectivity index (χ4v) is 4.77. The van der Waals surface area contributed by atoms with Crippen LogP contribution in [-0.4, -0.2) is 142 Å². The summed E-state index contributed by atoms with van der Waals surface area (Å²) in [5, 5.41) is 43.4. The van der Waals surface area contributed by atoms with Crippen molar-refractivity contribution in [1.29, 1.82) is 0 Å². The van der Waals surface area contributed by atoms with Crippen molar-refractivity contribution in [2.45, 2.75) is 94.9 Å². The molecule has 0 aliphatic heterocycles. The molecule has 0 rings (SSSR count). The van der Waals surface area contributed by atoms with Gasteiger partial charge in [0.05, 0.1) is 25.2 Å². The van der Waals surface area contributed by atoms with Crippen molar-refractivity contribution in [3.8, 4) is 0 Å². The fourth-order valence-electron chi connectivity index (χ4n) is 4.33. The number of carboxylic acids is 1. The van der Waals surface area contributed by atoms with Crippen molar-refractivity contribution in [2.24, 2.45) is 33.8 Å². The number of hydrogen-bond acceptors (Lipinski definition) is 14. The molecular weight excluding hydrogens is 743 g/mol. The summed E-state index contributed by atoms with van der Waals surface area (Å²) < 4.78 is 0. The van der Waals surface area contributed by atoms with Gasteiger partial charge in [0, 0.05) is 18.1 Å². The smallest absolute Gasteiger partial charge is 0.305 e. The van der Waals surface area contributed by atoms with Crippen LogP contribution in [0, 0.1) is 5.92 Å². The van der Waals surface area contributed by atoms with Crippen LogP contribution >= 0.6 is 25.3 Å². The fraction of sp³-hybridized carbons (Fsp3) is 0.690. The molecule has 7 amide bonds. The molecule has 0 aliphatic rings. The zero-order chi connectivity index (χ0) is 41.0. The summed E-state index contributed by atoms with van der Waals surface area (Å²) in [5.74, 6) is -9.56. The minimum atomic E-state index is -1.93. The zero-order valence-electron chi connectivity index (χ0n) is 29.6. The molecule has 0 spiro atoms. The van der Waals surface area contributed by atoms with Crippen molar-refractivity contribution >= 4 is 78.5 Å². The van der Waals surface area contributed by atoms with Gasteiger partial charge in [-0.1, -0.05) is 20.3 Å². The first-order valence-electron chi connectivity index (χ1n) is 16.4. The number of nitrogens with zero attached hydrogens (tertiary/aromatic N) is 1. The number of aliphatic carboxylic acids is 1. The molecule has 22 nitrogen and oxygen atoms in total. The molecule has 0 fully saturated rings. The maximum absolute atomic E-state index is 13.3. The van der Waals surface area contributed by atoms with Gasteiger partial charge in [-0.3, -0.25) is 43.3 Å². The molecule has 0 aromatic heterocycles. The Morgan fingerprint density at radius 2 is 1.19 bits per heavy atom. The third kappa shape index (κ3) is 17.8. The molecule has 0 radical (unpaired) electrons. The highest BCUT2D eigenvalue weighted by Gasteiger charge is 2.36. The Morgan fingerprint density at radius 3 is 1.66 bits per heavy atom. The second-order valence-electron chi connectivity index (χ2n) is 11.9. The summed E-state index contributed by atoms with van der Waals surface area (Å²) in [6.07, 6.45) is -2.21. The second kappa shape index (κ2) is 24.8. The average molecular weight is 796 g/mol. The summed E-state index contributed by atoms with van der Waals surface area (Å²) in [4.78, 5) is 105. The number of carbonyl (C=O) groups is 8. The Labute approximate surface area is 316 Å². The average Bonchev–Trinajstić information content (AvgIpc) is 3.09. The van der Waals surface area contributed by atoms with E-state index in [2.05, 4.69) is 62.2 Å². The number of guanidine groups is 1. The summed E-state index contributed by atoms with van der Waals surface area (Å²) in [7, 11) is 0. The van der Waals surface area contributed by atoms with E-state index < -0.39 is 115 Å². The molecule has 53 heavy (non-hydrogen) atoms. The molecule has 17 N–H and O–H groups in total. The van der Waals surface area contributed by atoms with E-state index >= 15 is 0 Å². The third-order valence-corrected chi connectivity index (χ3v) is 8.40. The van der Waals surface area contributed by atoms with Gasteiger partial charge in [-0.2, -0.15) is 25.3 Å². The van der Waals surface area contributed by atoms with Crippen LogP contribution < -0.4 is 54.8 Å². The van der Waals surface area contributed by atoms with E-state index in [4.69, 9.17) is 22.9 Å². The number of primary amides is 1. The van der Waals surface area contributed by atoms with Crippen LogP contribution in [0.2, 0.25) is 0 Å². The van der Waals surface area contributed by atoms with E-state index in [1.54, 1.807) is 13.8 Å². The van der Waals surface area contributed by atoms with E-state index in [9.17, 15) is 53.7 Å². The summed E-state index contributed by atoms with van der Waals surface area (Å²) in [5.41, 5.74) is 21.5. The monoisotopic (exact) mass is 795 g/mol. The number of aliphatic hydroxyl groups is 2. The highest BCUT2D eigenvalue weighted by Crippen LogP contribution is 2.10. The van der Waals surface area contributed by atoms with E-state index in [1.165, 1.54) is 0 Å². The van der Waals surface area contributed by atoms with Gasteiger partial charge in [-0.05, 0) is 25.7 Å². The highest BCUT2D eigenvalue weighted by molar-refractivity contribution is 7.80. The molecular formula is C29H53N11O11S2. The van der Waals surface area contributed by atoms with Gasteiger partial charge >= 0.3 is 5.97 Å². The summed E-state index contributed by atoms with van der Waals surface area (Å²) >= 11 is 7.91. The van der Waals surface area contributed by atoms with Crippen molar-refractivity contribution in [3.63, 3.8) is 0 Å². The lowest BCUT2D eigenvalue weighted by Crippen LogP contribution is -2.62. The Kier molecular flexibility index (Phi) is 22.7. The summed E-state index contributed by atoms with van der Waals surface area (Å²) in [6, 6.07) is -10.4. The topological polar surface area (TPSA) is 386 Å². The number of carboxylic acid groups (broad SMARTS) is 1. The molecule has 9 atom stereocenters. The van der Waals surface area contributed by atoms with Crippen molar-refractivity contribution in [1.82, 2.24) is 31.9 Å². The predicted molar refractivity (Wildman–Crippen MR) is 197 cm³/mol. The molecule has 0 aromatic rings. The molecule has 302 valence electrons. The van der Waals surface area contributed by atoms with Gasteiger partial charge < -0.3 is 70.2 Å². The maximum Gasteiger partial charge on any atom is 0.305 e. The molecule has 0 saturated carbocycles. The van der Waals surface area contributed by atoms with E-state index in [1.807, 2.05) is 0 Å². The molecule has 0 saturated heterocycles. The number of amides is 7. The largest absolute Gasteiger partial charge is 0.481 e. The van der Waals surface area contributed by atoms with Crippen LogP contribution in [0.3, 0.4) is 0 Å². The lowest BCUT2D eigenvalue weighted by molar-refractivity contribution is -0.142. The quantitative estimate of drug-likeness (QED) is 0.0177. The number of nitrogens with two attached hydrogens (primary N) is 4. The molecule has 0 aromatic carbocycles. The molecule has 0 bridgehead atoms. The zero-order valence-corrected chi connectivity index (χ0v) is 31.4. The van der Waals surface area contributed by atoms with Crippen LogP contribution in [0.1, 0.15) is 46.5 Å². The maximum atomic E-state index is 13.3. The molecule has 0 heterocycles. The first-order valence-corrected chi connectivity index (χ1v) is 17.7. The lowest BCUT2D eigenvalue weighted by Gasteiger charge is -2.29. The van der Waals surface area contributed by atoms with Crippen molar-refractivity contribution < 1.29 is 53.7 Å². The number of carbonyl (C=O) groups excluding carboxylic acids is 7. The number of aliphatic imine (C=N–C) groups is 1. The van der Waals surface area contributed by atoms with Crippen LogP contribution in [0.4, 0.5) is 0 Å². The molecule has 24 heteroatoms. The van der Waals surface area contributed by atoms with Gasteiger partial charge in [-0.15, -0.1) is 0 Å². The first kappa shape index (κ1) is 48.6. The van der Waals surface area contributed by atoms with E-state index in [0.29, 0.717) is 6.42 Å². The minimum absolute atomic E-state index is 0.0548. The Balaban J connectivity index is 6.08. The number of aliphatic hydroxyl groups excluding tert-OH is 2. The Hall–Kier alpha value is -4.39. The second-order valence-corrected chi connectivity index (χ2v) is 12.7. The van der Waals surface area contributed by atoms with E-state index in [-0.39, 0.29) is 36.9 Å². The SMILES string of the molecule is CC[C@H](C)[C@H](NC(=O)[C@@H](NC(=O)[C@H](CC(=O)O)NC(=O)[C@H](CO)NC(=O)[C@H](CCCN=C(N)N)NC(=O)[C@@H](N)CS)[C@@H](C)O)C(=O)N[C@@H](CS)C(N)=O. The van der Waals surface area contributed by atoms with Crippen LogP contribution in [0.5, 0.6) is 0 Å². The number of thiol groups is 2. The van der Waals surface area contributed by atoms with Crippen molar-refractivity contribution in [2.75, 3.05) is 24.7 Å². The van der Waals surface area contributed by atoms with Crippen LogP contribution in [0.25, 0.3) is 0 Å². The normalized spacial score (nSPS) is 16.0. The number of hydrogen-bond donors (Lipinski definition) is 15. The molecule has 0 aliphatic carbocycles. The Morgan fingerprint density at radius 1 is 0.698 bits per heavy atom. The van der Waals surface area contributed by atoms with Crippen LogP contribution in [0.15, 0.2) is 4.99 Å². The van der Waals surface area contributed by atoms with Gasteiger partial charge in [-0.25, -0.2) is 0 Å². The highest BCUT2D eigenvalue weighted by atomic mass is 32.1. The van der Waals surface area contributed by atoms with E-state index in [0.717, 1.165) is 6.92 Å². The number of nitrogens with one attached hydrogen (secondary N) is 6. The van der Waals surface area contributed by atoms with Crippen LogP contribution in [-0.2, 0) is 38.4 Å². The van der Waals surface area contributed by atoms with Gasteiger partial charge in [0.1, 0.15) is 36.3 Å².